The van der Waals surface area contributed by atoms with E-state index < -0.39 is 0 Å². The SMILES string of the molecule is CCNCc1cccc(Cn2ccnc2C)c1. The van der Waals surface area contributed by atoms with Crippen LogP contribution >= 0.6 is 0 Å². The first-order valence-corrected chi connectivity index (χ1v) is 6.06. The summed E-state index contributed by atoms with van der Waals surface area (Å²) in [6, 6.07) is 8.69. The van der Waals surface area contributed by atoms with Crippen LogP contribution in [0.1, 0.15) is 23.9 Å². The first-order valence-electron chi connectivity index (χ1n) is 6.06. The fourth-order valence-electron chi connectivity index (χ4n) is 1.87. The summed E-state index contributed by atoms with van der Waals surface area (Å²) in [4.78, 5) is 4.24. The van der Waals surface area contributed by atoms with Crippen molar-refractivity contribution < 1.29 is 0 Å². The molecule has 2 aromatic rings. The molecule has 1 aromatic heterocycles. The van der Waals surface area contributed by atoms with Crippen molar-refractivity contribution in [2.45, 2.75) is 26.9 Å². The number of nitrogens with one attached hydrogen (secondary N) is 1. The maximum Gasteiger partial charge on any atom is 0.105 e. The Morgan fingerprint density at radius 2 is 2.12 bits per heavy atom. The molecule has 0 spiro atoms. The molecule has 90 valence electrons. The van der Waals surface area contributed by atoms with Gasteiger partial charge in [0.2, 0.25) is 0 Å². The van der Waals surface area contributed by atoms with Gasteiger partial charge in [-0.25, -0.2) is 4.98 Å². The summed E-state index contributed by atoms with van der Waals surface area (Å²) in [7, 11) is 0. The van der Waals surface area contributed by atoms with Gasteiger partial charge in [-0.15, -0.1) is 0 Å². The van der Waals surface area contributed by atoms with Crippen LogP contribution in [0.3, 0.4) is 0 Å². The molecule has 3 nitrogen and oxygen atoms in total. The highest BCUT2D eigenvalue weighted by atomic mass is 15.0. The Labute approximate surface area is 103 Å². The summed E-state index contributed by atoms with van der Waals surface area (Å²) < 4.78 is 2.16. The van der Waals surface area contributed by atoms with Crippen LogP contribution in [0, 0.1) is 6.92 Å². The summed E-state index contributed by atoms with van der Waals surface area (Å²) in [5.74, 6) is 1.06. The Morgan fingerprint density at radius 1 is 1.29 bits per heavy atom. The molecule has 2 rings (SSSR count). The summed E-state index contributed by atoms with van der Waals surface area (Å²) in [5, 5.41) is 3.34. The summed E-state index contributed by atoms with van der Waals surface area (Å²) in [5.41, 5.74) is 2.66. The van der Waals surface area contributed by atoms with Crippen molar-refractivity contribution in [2.75, 3.05) is 6.54 Å². The Kier molecular flexibility index (Phi) is 3.94. The largest absolute Gasteiger partial charge is 0.331 e. The molecule has 0 fully saturated rings. The van der Waals surface area contributed by atoms with Crippen LogP contribution in [0.15, 0.2) is 36.7 Å². The molecule has 0 amide bonds. The van der Waals surface area contributed by atoms with E-state index in [-0.39, 0.29) is 0 Å². The zero-order valence-electron chi connectivity index (χ0n) is 10.5. The molecular formula is C14H19N3. The van der Waals surface area contributed by atoms with Gasteiger partial charge < -0.3 is 9.88 Å². The minimum atomic E-state index is 0.895. The molecule has 0 bridgehead atoms. The number of aryl methyl sites for hydroxylation is 1. The molecule has 1 N–H and O–H groups in total. The number of imidazole rings is 1. The predicted molar refractivity (Wildman–Crippen MR) is 69.9 cm³/mol. The van der Waals surface area contributed by atoms with Crippen LogP contribution in [0.25, 0.3) is 0 Å². The van der Waals surface area contributed by atoms with E-state index in [2.05, 4.69) is 46.1 Å². The molecule has 0 saturated heterocycles. The molecular weight excluding hydrogens is 210 g/mol. The average Bonchev–Trinajstić information content (AvgIpc) is 2.73. The van der Waals surface area contributed by atoms with Gasteiger partial charge in [0.05, 0.1) is 0 Å². The topological polar surface area (TPSA) is 29.9 Å². The summed E-state index contributed by atoms with van der Waals surface area (Å²) >= 11 is 0. The molecule has 0 radical (unpaired) electrons. The first kappa shape index (κ1) is 11.9. The fourth-order valence-corrected chi connectivity index (χ4v) is 1.87. The monoisotopic (exact) mass is 229 g/mol. The number of hydrogen-bond donors (Lipinski definition) is 1. The van der Waals surface area contributed by atoms with E-state index in [1.54, 1.807) is 0 Å². The van der Waals surface area contributed by atoms with Gasteiger partial charge in [-0.1, -0.05) is 31.2 Å². The van der Waals surface area contributed by atoms with Crippen LogP contribution in [0.4, 0.5) is 0 Å². The molecule has 0 aliphatic heterocycles. The zero-order valence-corrected chi connectivity index (χ0v) is 10.5. The van der Waals surface area contributed by atoms with Gasteiger partial charge in [0.15, 0.2) is 0 Å². The lowest BCUT2D eigenvalue weighted by molar-refractivity contribution is 0.721. The van der Waals surface area contributed by atoms with Crippen molar-refractivity contribution in [3.8, 4) is 0 Å². The van der Waals surface area contributed by atoms with E-state index >= 15 is 0 Å². The van der Waals surface area contributed by atoms with Crippen LogP contribution in [0.5, 0.6) is 0 Å². The minimum absolute atomic E-state index is 0.895. The summed E-state index contributed by atoms with van der Waals surface area (Å²) in [6.07, 6.45) is 3.87. The van der Waals surface area contributed by atoms with E-state index in [1.165, 1.54) is 11.1 Å². The number of nitrogens with zero attached hydrogens (tertiary/aromatic N) is 2. The van der Waals surface area contributed by atoms with Gasteiger partial charge in [-0.3, -0.25) is 0 Å². The van der Waals surface area contributed by atoms with Gasteiger partial charge in [-0.2, -0.15) is 0 Å². The van der Waals surface area contributed by atoms with Crippen molar-refractivity contribution >= 4 is 0 Å². The van der Waals surface area contributed by atoms with Gasteiger partial charge in [0.25, 0.3) is 0 Å². The third-order valence-corrected chi connectivity index (χ3v) is 2.85. The van der Waals surface area contributed by atoms with Gasteiger partial charge >= 0.3 is 0 Å². The lowest BCUT2D eigenvalue weighted by atomic mass is 10.1. The third kappa shape index (κ3) is 3.17. The number of rotatable bonds is 5. The Balaban J connectivity index is 2.08. The van der Waals surface area contributed by atoms with E-state index in [4.69, 9.17) is 0 Å². The summed E-state index contributed by atoms with van der Waals surface area (Å²) in [6.45, 7) is 6.99. The number of aromatic nitrogens is 2. The van der Waals surface area contributed by atoms with E-state index in [0.717, 1.165) is 25.5 Å². The van der Waals surface area contributed by atoms with Gasteiger partial charge in [-0.05, 0) is 24.6 Å². The van der Waals surface area contributed by atoms with Crippen molar-refractivity contribution in [3.63, 3.8) is 0 Å². The normalized spacial score (nSPS) is 10.7. The Morgan fingerprint density at radius 3 is 2.82 bits per heavy atom. The second-order valence-electron chi connectivity index (χ2n) is 4.20. The van der Waals surface area contributed by atoms with Crippen LogP contribution in [-0.4, -0.2) is 16.1 Å². The molecule has 1 aromatic carbocycles. The minimum Gasteiger partial charge on any atom is -0.331 e. The fraction of sp³-hybridized carbons (Fsp3) is 0.357. The molecule has 0 unspecified atom stereocenters. The van der Waals surface area contributed by atoms with E-state index in [9.17, 15) is 0 Å². The third-order valence-electron chi connectivity index (χ3n) is 2.85. The molecule has 0 saturated carbocycles. The quantitative estimate of drug-likeness (QED) is 0.853. The zero-order chi connectivity index (χ0) is 12.1. The van der Waals surface area contributed by atoms with E-state index in [1.807, 2.05) is 19.3 Å². The lowest BCUT2D eigenvalue weighted by Gasteiger charge is -2.08. The van der Waals surface area contributed by atoms with Crippen molar-refractivity contribution in [1.29, 1.82) is 0 Å². The lowest BCUT2D eigenvalue weighted by Crippen LogP contribution is -2.12. The number of benzene rings is 1. The smallest absolute Gasteiger partial charge is 0.105 e. The molecule has 0 aliphatic carbocycles. The molecule has 17 heavy (non-hydrogen) atoms. The number of hydrogen-bond acceptors (Lipinski definition) is 2. The van der Waals surface area contributed by atoms with Crippen LogP contribution in [0.2, 0.25) is 0 Å². The highest BCUT2D eigenvalue weighted by Crippen LogP contribution is 2.08. The van der Waals surface area contributed by atoms with Gasteiger partial charge in [0, 0.05) is 25.5 Å². The maximum atomic E-state index is 4.24. The van der Waals surface area contributed by atoms with Crippen LogP contribution in [-0.2, 0) is 13.1 Å². The van der Waals surface area contributed by atoms with Gasteiger partial charge in [0.1, 0.15) is 5.82 Å². The standard InChI is InChI=1S/C14H19N3/c1-3-15-10-13-5-4-6-14(9-13)11-17-8-7-16-12(17)2/h4-9,15H,3,10-11H2,1-2H3. The average molecular weight is 229 g/mol. The molecule has 1 heterocycles. The van der Waals surface area contributed by atoms with Crippen LogP contribution < -0.4 is 5.32 Å². The molecule has 3 heteroatoms. The highest BCUT2D eigenvalue weighted by Gasteiger charge is 1.99. The molecule has 0 aliphatic rings. The van der Waals surface area contributed by atoms with Crippen molar-refractivity contribution in [1.82, 2.24) is 14.9 Å². The second kappa shape index (κ2) is 5.64. The molecule has 0 atom stereocenters. The highest BCUT2D eigenvalue weighted by molar-refractivity contribution is 5.24. The van der Waals surface area contributed by atoms with Crippen molar-refractivity contribution in [3.05, 3.63) is 53.6 Å². The first-order chi connectivity index (χ1) is 8.29. The van der Waals surface area contributed by atoms with E-state index in [0.29, 0.717) is 0 Å². The van der Waals surface area contributed by atoms with Crippen molar-refractivity contribution in [2.24, 2.45) is 0 Å². The second-order valence-corrected chi connectivity index (χ2v) is 4.20. The Hall–Kier alpha value is -1.61. The predicted octanol–water partition coefficient (Wildman–Crippen LogP) is 2.35. The Bertz CT molecular complexity index is 474. The maximum absolute atomic E-state index is 4.24.